The Hall–Kier alpha value is -3.44. The number of H-pyrrole nitrogens is 1. The van der Waals surface area contributed by atoms with Crippen LogP contribution in [0.1, 0.15) is 12.5 Å². The van der Waals surface area contributed by atoms with Gasteiger partial charge in [0.05, 0.1) is 32.5 Å². The van der Waals surface area contributed by atoms with Crippen LogP contribution in [0.2, 0.25) is 0 Å². The van der Waals surface area contributed by atoms with Crippen LogP contribution in [-0.4, -0.2) is 115 Å². The number of nitrogen functional groups attached to an aromatic ring is 2. The third-order valence-electron chi connectivity index (χ3n) is 7.78. The number of hydrogen-bond acceptors (Lipinski definition) is 18. The Kier molecular flexibility index (Phi) is 7.70. The zero-order valence-corrected chi connectivity index (χ0v) is 25.0. The van der Waals surface area contributed by atoms with Crippen LogP contribution in [0, 0.1) is 0 Å². The minimum Gasteiger partial charge on any atom is -0.387 e. The Balaban J connectivity index is 1.11. The van der Waals surface area contributed by atoms with E-state index in [9.17, 15) is 33.9 Å². The largest absolute Gasteiger partial charge is 0.472 e. The highest BCUT2D eigenvalue weighted by Crippen LogP contribution is 2.55. The van der Waals surface area contributed by atoms with Crippen LogP contribution >= 0.6 is 16.1 Å². The van der Waals surface area contributed by atoms with Crippen LogP contribution in [0.3, 0.4) is 0 Å². The quantitative estimate of drug-likeness (QED) is 0.0834. The molecular formula is C21H26N10O13P2. The summed E-state index contributed by atoms with van der Waals surface area (Å²) in [4.78, 5) is 54.8. The minimum absolute atomic E-state index is 0.0665. The number of aliphatic hydroxyl groups excluding tert-OH is 2. The van der Waals surface area contributed by atoms with E-state index in [4.69, 9.17) is 39.2 Å². The summed E-state index contributed by atoms with van der Waals surface area (Å²) in [6.45, 7) is -1.34. The van der Waals surface area contributed by atoms with E-state index >= 15 is 0 Å². The number of imidazole rings is 2. The first kappa shape index (κ1) is 31.2. The van der Waals surface area contributed by atoms with Crippen molar-refractivity contribution in [2.75, 3.05) is 31.3 Å². The van der Waals surface area contributed by atoms with Crippen molar-refractivity contribution in [2.24, 2.45) is 0 Å². The lowest BCUT2D eigenvalue weighted by molar-refractivity contribution is -0.242. The Morgan fingerprint density at radius 1 is 1.11 bits per heavy atom. The number of nitrogens with two attached hydrogens (primary N) is 2. The molecule has 4 aromatic heterocycles. The van der Waals surface area contributed by atoms with Crippen molar-refractivity contribution in [3.8, 4) is 0 Å². The molecule has 0 spiro atoms. The second-order valence-electron chi connectivity index (χ2n) is 10.6. The zero-order valence-electron chi connectivity index (χ0n) is 23.1. The van der Waals surface area contributed by atoms with Gasteiger partial charge in [0.2, 0.25) is 5.95 Å². The molecule has 248 valence electrons. The van der Waals surface area contributed by atoms with Crippen LogP contribution in [0.5, 0.6) is 0 Å². The number of aliphatic hydroxyl groups is 2. The lowest BCUT2D eigenvalue weighted by Gasteiger charge is -2.43. The van der Waals surface area contributed by atoms with Crippen LogP contribution < -0.4 is 17.0 Å². The van der Waals surface area contributed by atoms with E-state index in [-0.39, 0.29) is 40.7 Å². The third-order valence-corrected chi connectivity index (χ3v) is 9.16. The first-order valence-electron chi connectivity index (χ1n) is 13.4. The third kappa shape index (κ3) is 5.19. The van der Waals surface area contributed by atoms with E-state index in [0.29, 0.717) is 0 Å². The summed E-state index contributed by atoms with van der Waals surface area (Å²) in [6, 6.07) is 0. The highest BCUT2D eigenvalue weighted by molar-refractivity contribution is 7.47. The minimum atomic E-state index is -5.06. The average molecular weight is 688 g/mol. The molecule has 9 N–H and O–H groups in total. The van der Waals surface area contributed by atoms with Crippen LogP contribution in [0.15, 0.2) is 23.8 Å². The number of rotatable bonds is 10. The number of anilines is 2. The van der Waals surface area contributed by atoms with Gasteiger partial charge in [0.25, 0.3) is 5.56 Å². The SMILES string of the molecule is Nc1nc2c(ncn2[C@@H]2O[C@@]3(CO[PH](=O)O)COC3C2OP(=O)(O)OC[C@H]2O[C@@H](n3cnc4c(N)ncnc43)C(O)C2O)c(=O)[nH]1. The topological polar surface area (TPSA) is 330 Å². The number of nitrogens with zero attached hydrogens (tertiary/aromatic N) is 7. The number of aromatic nitrogens is 8. The average Bonchev–Trinajstić information content (AvgIpc) is 3.71. The molecule has 0 amide bonds. The molecule has 3 aliphatic heterocycles. The Labute approximate surface area is 255 Å². The van der Waals surface area contributed by atoms with Gasteiger partial charge in [-0.25, -0.2) is 24.5 Å². The molecule has 4 aromatic rings. The van der Waals surface area contributed by atoms with Gasteiger partial charge in [0, 0.05) is 0 Å². The summed E-state index contributed by atoms with van der Waals surface area (Å²) in [7, 11) is -8.47. The van der Waals surface area contributed by atoms with Gasteiger partial charge in [-0.2, -0.15) is 4.98 Å². The standard InChI is InChI=1S/C21H26N10O13P2/c22-14-8-15(25-4-24-14)30(5-26-8)18-11(33)10(32)7(42-18)1-41-46(37,38)44-12-13-21(2-39-13,3-40-45(35)36)43-19(12)31-6-27-9-16(31)28-20(23)29-17(9)34/h4-7,10-13,18-19,32-33,45H,1-3H2,(H,35,36)(H,37,38)(H2,22,24,25)(H3,23,28,29,34)/t7-,10?,11?,12?,13?,18-,19-,21-/m1/s1. The molecule has 25 heteroatoms. The summed E-state index contributed by atoms with van der Waals surface area (Å²) in [5.41, 5.74) is 9.67. The molecule has 10 atom stereocenters. The van der Waals surface area contributed by atoms with Crippen molar-refractivity contribution in [1.29, 1.82) is 0 Å². The van der Waals surface area contributed by atoms with Crippen molar-refractivity contribution in [1.82, 2.24) is 39.0 Å². The van der Waals surface area contributed by atoms with Gasteiger partial charge in [0.15, 0.2) is 35.1 Å². The van der Waals surface area contributed by atoms with E-state index in [1.54, 1.807) is 0 Å². The predicted molar refractivity (Wildman–Crippen MR) is 149 cm³/mol. The molecule has 0 aliphatic carbocycles. The Morgan fingerprint density at radius 2 is 1.85 bits per heavy atom. The van der Waals surface area contributed by atoms with Crippen molar-refractivity contribution in [2.45, 2.75) is 48.6 Å². The highest BCUT2D eigenvalue weighted by Gasteiger charge is 2.65. The molecular weight excluding hydrogens is 662 g/mol. The Morgan fingerprint density at radius 3 is 2.57 bits per heavy atom. The number of fused-ring (bicyclic) bond motifs is 3. The first-order valence-corrected chi connectivity index (χ1v) is 16.1. The summed E-state index contributed by atoms with van der Waals surface area (Å²) >= 11 is 0. The van der Waals surface area contributed by atoms with Gasteiger partial charge >= 0.3 is 16.1 Å². The highest BCUT2D eigenvalue weighted by atomic mass is 31.2. The van der Waals surface area contributed by atoms with E-state index in [2.05, 4.69) is 29.9 Å². The first-order chi connectivity index (χ1) is 21.9. The summed E-state index contributed by atoms with van der Waals surface area (Å²) < 4.78 is 60.2. The normalized spacial score (nSPS) is 32.8. The van der Waals surface area contributed by atoms with Gasteiger partial charge < -0.3 is 50.2 Å². The molecule has 0 radical (unpaired) electrons. The molecule has 0 bridgehead atoms. The number of aromatic amines is 1. The zero-order chi connectivity index (χ0) is 32.5. The second kappa shape index (κ2) is 11.4. The van der Waals surface area contributed by atoms with Crippen molar-refractivity contribution >= 4 is 50.2 Å². The summed E-state index contributed by atoms with van der Waals surface area (Å²) in [6.07, 6.45) is -6.02. The molecule has 3 saturated heterocycles. The van der Waals surface area contributed by atoms with E-state index in [1.165, 1.54) is 21.8 Å². The molecule has 46 heavy (non-hydrogen) atoms. The smallest absolute Gasteiger partial charge is 0.387 e. The van der Waals surface area contributed by atoms with Gasteiger partial charge in [-0.15, -0.1) is 0 Å². The maximum Gasteiger partial charge on any atom is 0.472 e. The van der Waals surface area contributed by atoms with Gasteiger partial charge in [-0.05, 0) is 0 Å². The lowest BCUT2D eigenvalue weighted by Crippen LogP contribution is -2.61. The van der Waals surface area contributed by atoms with E-state index in [0.717, 1.165) is 6.33 Å². The molecule has 7 rings (SSSR count). The molecule has 23 nitrogen and oxygen atoms in total. The van der Waals surface area contributed by atoms with Crippen molar-refractivity contribution in [3.63, 3.8) is 0 Å². The van der Waals surface area contributed by atoms with Crippen LogP contribution in [0.4, 0.5) is 11.8 Å². The van der Waals surface area contributed by atoms with E-state index in [1.807, 2.05) is 0 Å². The maximum atomic E-state index is 13.3. The summed E-state index contributed by atoms with van der Waals surface area (Å²) in [5.74, 6) is -0.173. The van der Waals surface area contributed by atoms with E-state index < -0.39 is 83.4 Å². The molecule has 0 saturated carbocycles. The van der Waals surface area contributed by atoms with Crippen LogP contribution in [-0.2, 0) is 36.9 Å². The number of phosphoric acid groups is 1. The fraction of sp³-hybridized carbons (Fsp3) is 0.524. The molecule has 3 aliphatic rings. The molecule has 0 aromatic carbocycles. The second-order valence-corrected chi connectivity index (χ2v) is 12.8. The molecule has 7 heterocycles. The van der Waals surface area contributed by atoms with Gasteiger partial charge in [-0.3, -0.25) is 32.5 Å². The van der Waals surface area contributed by atoms with Crippen LogP contribution in [0.25, 0.3) is 22.3 Å². The summed E-state index contributed by atoms with van der Waals surface area (Å²) in [5, 5.41) is 21.4. The number of phosphoric ester groups is 1. The number of hydrogen-bond donors (Lipinski definition) is 7. The molecule has 3 fully saturated rings. The number of nitrogens with one attached hydrogen (secondary N) is 1. The van der Waals surface area contributed by atoms with Gasteiger partial charge in [-0.1, -0.05) is 0 Å². The fourth-order valence-electron chi connectivity index (χ4n) is 5.62. The monoisotopic (exact) mass is 688 g/mol. The van der Waals surface area contributed by atoms with Crippen molar-refractivity contribution in [3.05, 3.63) is 29.3 Å². The lowest BCUT2D eigenvalue weighted by atomic mass is 9.91. The Bertz CT molecular complexity index is 1940. The van der Waals surface area contributed by atoms with Gasteiger partial charge in [0.1, 0.15) is 48.0 Å². The maximum absolute atomic E-state index is 13.3. The number of ether oxygens (including phenoxy) is 3. The predicted octanol–water partition coefficient (Wildman–Crippen LogP) is -2.69. The molecule has 6 unspecified atom stereocenters. The van der Waals surface area contributed by atoms with Crippen molar-refractivity contribution < 1.29 is 56.9 Å². The fourth-order valence-corrected chi connectivity index (χ4v) is 6.90.